The molecule has 5 rings (SSSR count). The van der Waals surface area contributed by atoms with Crippen molar-refractivity contribution in [1.29, 1.82) is 0 Å². The number of Topliss-reactive ketones (excluding diaryl/α,β-unsaturated/α-hetero) is 1. The molecule has 2 aromatic heterocycles. The van der Waals surface area contributed by atoms with Crippen molar-refractivity contribution < 1.29 is 19.5 Å². The SMILES string of the molecule is O=C(CON1C(=O)c2ccccc2[C@@]1(Cc1ccc(Cl)cn1)c1ccc(Cl)cc1)C(O)Cc1ccccn1. The molecule has 2 aromatic carbocycles. The van der Waals surface area contributed by atoms with Gasteiger partial charge in [0.1, 0.15) is 18.2 Å². The maximum atomic E-state index is 13.7. The Morgan fingerprint density at radius 1 is 0.921 bits per heavy atom. The summed E-state index contributed by atoms with van der Waals surface area (Å²) in [7, 11) is 0. The molecule has 0 radical (unpaired) electrons. The number of aliphatic hydroxyl groups is 1. The zero-order valence-electron chi connectivity index (χ0n) is 20.1. The molecule has 0 bridgehead atoms. The third kappa shape index (κ3) is 5.06. The standard InChI is InChI=1S/C29H23Cl2N3O4/c30-20-10-8-19(9-11-20)29(16-23-13-12-21(31)17-33-23)25-7-2-1-6-24(25)28(37)34(29)38-18-27(36)26(35)15-22-5-3-4-14-32-22/h1-14,17,26,35H,15-16,18H2/t26?,29-/m1/s1. The number of carbonyl (C=O) groups excluding carboxylic acids is 2. The number of aromatic nitrogens is 2. The van der Waals surface area contributed by atoms with Crippen molar-refractivity contribution in [2.75, 3.05) is 6.61 Å². The smallest absolute Gasteiger partial charge is 0.279 e. The fourth-order valence-corrected chi connectivity index (χ4v) is 4.92. The molecule has 38 heavy (non-hydrogen) atoms. The zero-order chi connectivity index (χ0) is 26.7. The van der Waals surface area contributed by atoms with E-state index in [1.165, 1.54) is 11.3 Å². The number of hydroxylamine groups is 2. The van der Waals surface area contributed by atoms with Crippen LogP contribution in [0.3, 0.4) is 0 Å². The number of pyridine rings is 2. The highest BCUT2D eigenvalue weighted by Crippen LogP contribution is 2.46. The molecular formula is C29H23Cl2N3O4. The van der Waals surface area contributed by atoms with Gasteiger partial charge in [-0.2, -0.15) is 0 Å². The van der Waals surface area contributed by atoms with Crippen molar-refractivity contribution in [3.8, 4) is 0 Å². The van der Waals surface area contributed by atoms with Gasteiger partial charge < -0.3 is 5.11 Å². The molecule has 1 aliphatic heterocycles. The summed E-state index contributed by atoms with van der Waals surface area (Å²) in [6, 6.07) is 23.1. The van der Waals surface area contributed by atoms with Gasteiger partial charge >= 0.3 is 0 Å². The summed E-state index contributed by atoms with van der Waals surface area (Å²) < 4.78 is 0. The topological polar surface area (TPSA) is 92.6 Å². The molecular weight excluding hydrogens is 525 g/mol. The van der Waals surface area contributed by atoms with E-state index in [1.807, 2.05) is 24.3 Å². The van der Waals surface area contributed by atoms with Crippen molar-refractivity contribution in [2.45, 2.75) is 24.5 Å². The summed E-state index contributed by atoms with van der Waals surface area (Å²) in [6.07, 6.45) is 2.06. The summed E-state index contributed by atoms with van der Waals surface area (Å²) in [6.45, 7) is -0.517. The lowest BCUT2D eigenvalue weighted by Crippen LogP contribution is -2.48. The molecule has 0 spiro atoms. The van der Waals surface area contributed by atoms with E-state index in [2.05, 4.69) is 9.97 Å². The molecule has 7 nitrogen and oxygen atoms in total. The first-order valence-corrected chi connectivity index (χ1v) is 12.7. The number of carbonyl (C=O) groups is 2. The number of rotatable bonds is 9. The Morgan fingerprint density at radius 2 is 1.66 bits per heavy atom. The zero-order valence-corrected chi connectivity index (χ0v) is 21.6. The maximum Gasteiger partial charge on any atom is 0.279 e. The number of aliphatic hydroxyl groups excluding tert-OH is 1. The molecule has 2 atom stereocenters. The summed E-state index contributed by atoms with van der Waals surface area (Å²) in [4.78, 5) is 41.2. The van der Waals surface area contributed by atoms with Gasteiger partial charge in [-0.25, -0.2) is 5.06 Å². The monoisotopic (exact) mass is 547 g/mol. The fraction of sp³-hybridized carbons (Fsp3) is 0.172. The molecule has 0 saturated heterocycles. The van der Waals surface area contributed by atoms with Gasteiger partial charge in [0.2, 0.25) is 0 Å². The number of hydrogen-bond acceptors (Lipinski definition) is 6. The fourth-order valence-electron chi connectivity index (χ4n) is 4.69. The molecule has 1 amide bonds. The van der Waals surface area contributed by atoms with Crippen LogP contribution in [-0.2, 0) is 28.0 Å². The first-order valence-electron chi connectivity index (χ1n) is 11.9. The number of halogens is 2. The Hall–Kier alpha value is -3.62. The van der Waals surface area contributed by atoms with Crippen LogP contribution in [0, 0.1) is 0 Å². The van der Waals surface area contributed by atoms with Gasteiger partial charge in [0.25, 0.3) is 5.91 Å². The quantitative estimate of drug-likeness (QED) is 0.322. The van der Waals surface area contributed by atoms with Crippen LogP contribution in [0.1, 0.15) is 32.9 Å². The first-order chi connectivity index (χ1) is 18.4. The van der Waals surface area contributed by atoms with Crippen LogP contribution in [0.4, 0.5) is 0 Å². The third-order valence-corrected chi connectivity index (χ3v) is 6.99. The van der Waals surface area contributed by atoms with E-state index in [0.29, 0.717) is 32.6 Å². The highest BCUT2D eigenvalue weighted by Gasteiger charge is 2.52. The van der Waals surface area contributed by atoms with Crippen LogP contribution in [0.5, 0.6) is 0 Å². The Morgan fingerprint density at radius 3 is 2.37 bits per heavy atom. The minimum absolute atomic E-state index is 0.0359. The predicted octanol–water partition coefficient (Wildman–Crippen LogP) is 4.83. The Bertz CT molecular complexity index is 1450. The van der Waals surface area contributed by atoms with Gasteiger partial charge in [-0.05, 0) is 53.6 Å². The number of amides is 1. The van der Waals surface area contributed by atoms with Crippen LogP contribution in [0.15, 0.2) is 91.3 Å². The summed E-state index contributed by atoms with van der Waals surface area (Å²) in [5.74, 6) is -0.981. The van der Waals surface area contributed by atoms with Crippen molar-refractivity contribution >= 4 is 34.9 Å². The Balaban J connectivity index is 1.52. The van der Waals surface area contributed by atoms with Gasteiger partial charge in [-0.3, -0.25) is 24.4 Å². The van der Waals surface area contributed by atoms with Crippen LogP contribution in [0.25, 0.3) is 0 Å². The second-order valence-electron chi connectivity index (χ2n) is 8.94. The van der Waals surface area contributed by atoms with Crippen molar-refractivity contribution in [3.05, 3.63) is 129 Å². The highest BCUT2D eigenvalue weighted by atomic mass is 35.5. The molecule has 0 fully saturated rings. The lowest BCUT2D eigenvalue weighted by atomic mass is 9.79. The third-order valence-electron chi connectivity index (χ3n) is 6.52. The summed E-state index contributed by atoms with van der Waals surface area (Å²) in [5, 5.41) is 12.8. The molecule has 0 saturated carbocycles. The van der Waals surface area contributed by atoms with Crippen molar-refractivity contribution in [1.82, 2.24) is 15.0 Å². The van der Waals surface area contributed by atoms with E-state index in [-0.39, 0.29) is 12.8 Å². The molecule has 0 aliphatic carbocycles. The summed E-state index contributed by atoms with van der Waals surface area (Å²) in [5.41, 5.74) is 1.93. The molecule has 1 unspecified atom stereocenters. The second kappa shape index (κ2) is 11.0. The number of benzene rings is 2. The largest absolute Gasteiger partial charge is 0.385 e. The minimum atomic E-state index is -1.34. The predicted molar refractivity (Wildman–Crippen MR) is 143 cm³/mol. The lowest BCUT2D eigenvalue weighted by molar-refractivity contribution is -0.180. The van der Waals surface area contributed by atoms with Gasteiger partial charge in [0.05, 0.1) is 5.02 Å². The molecule has 4 aromatic rings. The number of ketones is 1. The summed E-state index contributed by atoms with van der Waals surface area (Å²) >= 11 is 12.3. The highest BCUT2D eigenvalue weighted by molar-refractivity contribution is 6.30. The van der Waals surface area contributed by atoms with Gasteiger partial charge in [0, 0.05) is 47.2 Å². The average Bonchev–Trinajstić information content (AvgIpc) is 3.17. The Kier molecular flexibility index (Phi) is 7.53. The van der Waals surface area contributed by atoms with Gasteiger partial charge in [-0.1, -0.05) is 59.6 Å². The molecule has 192 valence electrons. The van der Waals surface area contributed by atoms with Crippen molar-refractivity contribution in [3.63, 3.8) is 0 Å². The van der Waals surface area contributed by atoms with E-state index < -0.39 is 29.9 Å². The molecule has 1 N–H and O–H groups in total. The van der Waals surface area contributed by atoms with E-state index in [4.69, 9.17) is 28.0 Å². The molecule has 1 aliphatic rings. The van der Waals surface area contributed by atoms with E-state index >= 15 is 0 Å². The van der Waals surface area contributed by atoms with Crippen LogP contribution in [-0.4, -0.2) is 44.5 Å². The molecule has 3 heterocycles. The van der Waals surface area contributed by atoms with Crippen LogP contribution < -0.4 is 0 Å². The number of nitrogens with zero attached hydrogens (tertiary/aromatic N) is 3. The minimum Gasteiger partial charge on any atom is -0.385 e. The van der Waals surface area contributed by atoms with E-state index in [0.717, 1.165) is 5.56 Å². The van der Waals surface area contributed by atoms with Gasteiger partial charge in [0.15, 0.2) is 5.78 Å². The maximum absolute atomic E-state index is 13.7. The molecule has 9 heteroatoms. The van der Waals surface area contributed by atoms with Gasteiger partial charge in [-0.15, -0.1) is 0 Å². The first kappa shape index (κ1) is 26.0. The normalized spacial score (nSPS) is 17.3. The van der Waals surface area contributed by atoms with Crippen LogP contribution in [0.2, 0.25) is 10.0 Å². The average molecular weight is 548 g/mol. The lowest BCUT2D eigenvalue weighted by Gasteiger charge is -2.38. The van der Waals surface area contributed by atoms with Crippen molar-refractivity contribution in [2.24, 2.45) is 0 Å². The van der Waals surface area contributed by atoms with E-state index in [9.17, 15) is 14.7 Å². The van der Waals surface area contributed by atoms with E-state index in [1.54, 1.807) is 60.8 Å². The number of fused-ring (bicyclic) bond motifs is 1. The van der Waals surface area contributed by atoms with Crippen LogP contribution >= 0.6 is 23.2 Å². The number of hydrogen-bond donors (Lipinski definition) is 1. The second-order valence-corrected chi connectivity index (χ2v) is 9.81. The Labute approximate surface area is 229 Å².